The molecule has 1 fully saturated rings. The second kappa shape index (κ2) is 4.68. The minimum Gasteiger partial charge on any atom is -0.325 e. The summed E-state index contributed by atoms with van der Waals surface area (Å²) in [6, 6.07) is 10.1. The summed E-state index contributed by atoms with van der Waals surface area (Å²) in [5.41, 5.74) is 6.57. The summed E-state index contributed by atoms with van der Waals surface area (Å²) in [6.45, 7) is 0.907. The van der Waals surface area contributed by atoms with Crippen molar-refractivity contribution in [2.75, 3.05) is 18.8 Å². The van der Waals surface area contributed by atoms with Gasteiger partial charge >= 0.3 is 0 Å². The van der Waals surface area contributed by atoms with Crippen LogP contribution in [0.1, 0.15) is 10.9 Å². The van der Waals surface area contributed by atoms with Gasteiger partial charge in [-0.2, -0.15) is 0 Å². The molecular weight excluding hydrogens is 208 g/mol. The first kappa shape index (κ1) is 10.5. The third-order valence-electron chi connectivity index (χ3n) is 2.47. The van der Waals surface area contributed by atoms with Gasteiger partial charge in [-0.25, -0.2) is 0 Å². The van der Waals surface area contributed by atoms with Crippen molar-refractivity contribution in [1.29, 1.82) is 0 Å². The quantitative estimate of drug-likeness (QED) is 0.818. The summed E-state index contributed by atoms with van der Waals surface area (Å²) in [7, 11) is 0. The molecule has 1 aromatic carbocycles. The number of carbonyl (C=O) groups excluding carboxylic acids is 1. The number of nitrogens with two attached hydrogens (primary N) is 1. The number of nitrogens with zero attached hydrogens (tertiary/aromatic N) is 1. The Morgan fingerprint density at radius 1 is 1.47 bits per heavy atom. The Morgan fingerprint density at radius 2 is 2.20 bits per heavy atom. The molecule has 2 N–H and O–H groups in total. The molecule has 1 unspecified atom stereocenters. The van der Waals surface area contributed by atoms with Crippen molar-refractivity contribution in [2.24, 2.45) is 5.73 Å². The molecule has 1 heterocycles. The van der Waals surface area contributed by atoms with E-state index in [-0.39, 0.29) is 17.8 Å². The lowest BCUT2D eigenvalue weighted by Gasteiger charge is -2.23. The Labute approximate surface area is 93.6 Å². The zero-order chi connectivity index (χ0) is 10.7. The second-order valence-corrected chi connectivity index (χ2v) is 4.61. The van der Waals surface area contributed by atoms with E-state index in [0.717, 1.165) is 12.3 Å². The number of amides is 1. The molecule has 4 heteroatoms. The van der Waals surface area contributed by atoms with Crippen molar-refractivity contribution in [2.45, 2.75) is 5.37 Å². The van der Waals surface area contributed by atoms with Gasteiger partial charge in [-0.05, 0) is 5.56 Å². The Bertz CT molecular complexity index is 342. The summed E-state index contributed by atoms with van der Waals surface area (Å²) in [4.78, 5) is 13.4. The number of rotatable bonds is 2. The van der Waals surface area contributed by atoms with Gasteiger partial charge in [-0.1, -0.05) is 30.3 Å². The van der Waals surface area contributed by atoms with Crippen molar-refractivity contribution in [1.82, 2.24) is 4.90 Å². The summed E-state index contributed by atoms with van der Waals surface area (Å²) in [5, 5.41) is 0.155. The molecule has 0 spiro atoms. The standard InChI is InChI=1S/C11H14N2OS/c12-8-10(14)13-6-7-15-11(13)9-4-2-1-3-5-9/h1-5,11H,6-8,12H2. The minimum absolute atomic E-state index is 0.0360. The van der Waals surface area contributed by atoms with E-state index in [9.17, 15) is 4.79 Å². The van der Waals surface area contributed by atoms with Crippen LogP contribution in [-0.2, 0) is 4.79 Å². The van der Waals surface area contributed by atoms with Gasteiger partial charge < -0.3 is 10.6 Å². The molecule has 1 amide bonds. The maximum atomic E-state index is 11.6. The molecule has 1 atom stereocenters. The van der Waals surface area contributed by atoms with Gasteiger partial charge in [-0.15, -0.1) is 11.8 Å². The van der Waals surface area contributed by atoms with Gasteiger partial charge in [0.1, 0.15) is 5.37 Å². The number of benzene rings is 1. The summed E-state index contributed by atoms with van der Waals surface area (Å²) >= 11 is 1.80. The highest BCUT2D eigenvalue weighted by atomic mass is 32.2. The van der Waals surface area contributed by atoms with Crippen molar-refractivity contribution >= 4 is 17.7 Å². The lowest BCUT2D eigenvalue weighted by molar-refractivity contribution is -0.129. The van der Waals surface area contributed by atoms with Gasteiger partial charge in [0, 0.05) is 12.3 Å². The number of hydrogen-bond donors (Lipinski definition) is 1. The lowest BCUT2D eigenvalue weighted by Crippen LogP contribution is -2.35. The van der Waals surface area contributed by atoms with Crippen LogP contribution >= 0.6 is 11.8 Å². The Kier molecular flexibility index (Phi) is 3.28. The Hall–Kier alpha value is -1.00. The van der Waals surface area contributed by atoms with E-state index in [0.29, 0.717) is 0 Å². The van der Waals surface area contributed by atoms with E-state index in [4.69, 9.17) is 5.73 Å². The van der Waals surface area contributed by atoms with Crippen molar-refractivity contribution < 1.29 is 4.79 Å². The number of carbonyl (C=O) groups is 1. The molecule has 1 aliphatic rings. The topological polar surface area (TPSA) is 46.3 Å². The summed E-state index contributed by atoms with van der Waals surface area (Å²) in [5.74, 6) is 1.03. The van der Waals surface area contributed by atoms with Gasteiger partial charge in [0.2, 0.25) is 5.91 Å². The molecule has 2 rings (SSSR count). The first-order chi connectivity index (χ1) is 7.33. The smallest absolute Gasteiger partial charge is 0.237 e. The zero-order valence-corrected chi connectivity index (χ0v) is 9.24. The van der Waals surface area contributed by atoms with Crippen LogP contribution in [-0.4, -0.2) is 29.6 Å². The average Bonchev–Trinajstić information content (AvgIpc) is 2.78. The van der Waals surface area contributed by atoms with Gasteiger partial charge in [0.25, 0.3) is 0 Å². The van der Waals surface area contributed by atoms with Crippen LogP contribution < -0.4 is 5.73 Å². The highest BCUT2D eigenvalue weighted by molar-refractivity contribution is 7.99. The first-order valence-electron chi connectivity index (χ1n) is 4.99. The Morgan fingerprint density at radius 3 is 2.87 bits per heavy atom. The van der Waals surface area contributed by atoms with Crippen LogP contribution in [0.5, 0.6) is 0 Å². The highest BCUT2D eigenvalue weighted by Crippen LogP contribution is 2.37. The maximum Gasteiger partial charge on any atom is 0.237 e. The van der Waals surface area contributed by atoms with Gasteiger partial charge in [0.05, 0.1) is 6.54 Å². The van der Waals surface area contributed by atoms with E-state index in [1.165, 1.54) is 5.56 Å². The Balaban J connectivity index is 2.18. The van der Waals surface area contributed by atoms with Crippen molar-refractivity contribution in [3.05, 3.63) is 35.9 Å². The van der Waals surface area contributed by atoms with Gasteiger partial charge in [0.15, 0.2) is 0 Å². The third kappa shape index (κ3) is 2.16. The van der Waals surface area contributed by atoms with Crippen LogP contribution in [0.4, 0.5) is 0 Å². The molecular formula is C11H14N2OS. The average molecular weight is 222 g/mol. The predicted octanol–water partition coefficient (Wildman–Crippen LogP) is 1.22. The predicted molar refractivity (Wildman–Crippen MR) is 62.4 cm³/mol. The van der Waals surface area contributed by atoms with Gasteiger partial charge in [-0.3, -0.25) is 4.79 Å². The van der Waals surface area contributed by atoms with E-state index < -0.39 is 0 Å². The van der Waals surface area contributed by atoms with Crippen molar-refractivity contribution in [3.63, 3.8) is 0 Å². The number of thioether (sulfide) groups is 1. The molecule has 0 saturated carbocycles. The molecule has 0 bridgehead atoms. The van der Waals surface area contributed by atoms with E-state index >= 15 is 0 Å². The summed E-state index contributed by atoms with van der Waals surface area (Å²) < 4.78 is 0. The molecule has 1 aromatic rings. The van der Waals surface area contributed by atoms with Crippen LogP contribution in [0.3, 0.4) is 0 Å². The molecule has 3 nitrogen and oxygen atoms in total. The molecule has 80 valence electrons. The SMILES string of the molecule is NCC(=O)N1CCSC1c1ccccc1. The fourth-order valence-electron chi connectivity index (χ4n) is 1.74. The monoisotopic (exact) mass is 222 g/mol. The molecule has 0 aromatic heterocycles. The van der Waals surface area contributed by atoms with E-state index in [2.05, 4.69) is 12.1 Å². The maximum absolute atomic E-state index is 11.6. The molecule has 0 aliphatic carbocycles. The minimum atomic E-state index is 0.0360. The molecule has 15 heavy (non-hydrogen) atoms. The normalized spacial score (nSPS) is 20.6. The highest BCUT2D eigenvalue weighted by Gasteiger charge is 2.29. The van der Waals surface area contributed by atoms with Crippen LogP contribution in [0.15, 0.2) is 30.3 Å². The lowest BCUT2D eigenvalue weighted by atomic mass is 10.2. The van der Waals surface area contributed by atoms with Crippen LogP contribution in [0, 0.1) is 0 Å². The fourth-order valence-corrected chi connectivity index (χ4v) is 3.01. The van der Waals surface area contributed by atoms with E-state index in [1.54, 1.807) is 11.8 Å². The second-order valence-electron chi connectivity index (χ2n) is 3.43. The first-order valence-corrected chi connectivity index (χ1v) is 6.04. The fraction of sp³-hybridized carbons (Fsp3) is 0.364. The van der Waals surface area contributed by atoms with E-state index in [1.807, 2.05) is 23.1 Å². The molecule has 1 saturated heterocycles. The third-order valence-corrected chi connectivity index (χ3v) is 3.73. The van der Waals surface area contributed by atoms with Crippen LogP contribution in [0.25, 0.3) is 0 Å². The zero-order valence-electron chi connectivity index (χ0n) is 8.43. The molecule has 1 aliphatic heterocycles. The number of hydrogen-bond acceptors (Lipinski definition) is 3. The van der Waals surface area contributed by atoms with Crippen molar-refractivity contribution in [3.8, 4) is 0 Å². The summed E-state index contributed by atoms with van der Waals surface area (Å²) in [6.07, 6.45) is 0. The molecule has 0 radical (unpaired) electrons. The van der Waals surface area contributed by atoms with Crippen LogP contribution in [0.2, 0.25) is 0 Å². The largest absolute Gasteiger partial charge is 0.325 e.